The van der Waals surface area contributed by atoms with Gasteiger partial charge in [0.15, 0.2) is 0 Å². The van der Waals surface area contributed by atoms with E-state index in [1.807, 2.05) is 13.1 Å². The first kappa shape index (κ1) is 10.2. The van der Waals surface area contributed by atoms with Crippen LogP contribution in [-0.4, -0.2) is 4.98 Å². The lowest BCUT2D eigenvalue weighted by Gasteiger charge is -1.88. The van der Waals surface area contributed by atoms with E-state index in [2.05, 4.69) is 36.2 Å². The van der Waals surface area contributed by atoms with E-state index in [1.54, 1.807) is 11.3 Å². The van der Waals surface area contributed by atoms with Gasteiger partial charge in [0.25, 0.3) is 0 Å². The number of hydrogen-bond donors (Lipinski definition) is 0. The zero-order valence-electron chi connectivity index (χ0n) is 8.16. The van der Waals surface area contributed by atoms with Gasteiger partial charge in [0.1, 0.15) is 0 Å². The molecule has 1 aliphatic rings. The Labute approximate surface area is 83.8 Å². The summed E-state index contributed by atoms with van der Waals surface area (Å²) in [5.74, 6) is 0. The minimum absolute atomic E-state index is 1.15. The van der Waals surface area contributed by atoms with Crippen molar-refractivity contribution in [2.45, 2.75) is 26.7 Å². The molecule has 1 aromatic heterocycles. The third-order valence-electron chi connectivity index (χ3n) is 1.62. The highest BCUT2D eigenvalue weighted by Gasteiger charge is 1.86. The summed E-state index contributed by atoms with van der Waals surface area (Å²) >= 11 is 1.73. The molecule has 13 heavy (non-hydrogen) atoms. The van der Waals surface area contributed by atoms with Crippen molar-refractivity contribution in [1.29, 1.82) is 0 Å². The van der Waals surface area contributed by atoms with Crippen molar-refractivity contribution < 1.29 is 0 Å². The Hall–Kier alpha value is -0.890. The van der Waals surface area contributed by atoms with E-state index in [4.69, 9.17) is 0 Å². The molecule has 0 unspecified atom stereocenters. The lowest BCUT2D eigenvalue weighted by molar-refractivity contribution is 1.04. The van der Waals surface area contributed by atoms with Crippen LogP contribution in [0.5, 0.6) is 0 Å². The highest BCUT2D eigenvalue weighted by molar-refractivity contribution is 7.11. The second-order valence-corrected chi connectivity index (χ2v) is 4.36. The first-order valence-electron chi connectivity index (χ1n) is 4.50. The number of allylic oxidation sites excluding steroid dienone is 4. The van der Waals surface area contributed by atoms with Gasteiger partial charge in [0.2, 0.25) is 0 Å². The van der Waals surface area contributed by atoms with Gasteiger partial charge in [0.05, 0.1) is 5.01 Å². The third kappa shape index (κ3) is 4.63. The molecule has 1 aliphatic carbocycles. The van der Waals surface area contributed by atoms with Crippen molar-refractivity contribution in [1.82, 2.24) is 4.98 Å². The van der Waals surface area contributed by atoms with Crippen molar-refractivity contribution in [3.63, 3.8) is 0 Å². The van der Waals surface area contributed by atoms with Gasteiger partial charge in [0, 0.05) is 11.1 Å². The van der Waals surface area contributed by atoms with Crippen LogP contribution in [0.1, 0.15) is 22.7 Å². The predicted octanol–water partition coefficient (Wildman–Crippen LogP) is 3.65. The molecule has 0 atom stereocenters. The molecule has 0 radical (unpaired) electrons. The number of thiazole rings is 1. The summed E-state index contributed by atoms with van der Waals surface area (Å²) < 4.78 is 0. The van der Waals surface area contributed by atoms with Crippen molar-refractivity contribution >= 4 is 11.3 Å². The van der Waals surface area contributed by atoms with Gasteiger partial charge in [-0.1, -0.05) is 24.3 Å². The highest BCUT2D eigenvalue weighted by atomic mass is 32.1. The molecule has 70 valence electrons. The van der Waals surface area contributed by atoms with Crippen molar-refractivity contribution in [2.24, 2.45) is 0 Å². The summed E-state index contributed by atoms with van der Waals surface area (Å²) in [5, 5.41) is 1.15. The molecule has 2 heteroatoms. The maximum atomic E-state index is 4.03. The van der Waals surface area contributed by atoms with E-state index in [1.165, 1.54) is 17.7 Å². The smallest absolute Gasteiger partial charge is 0.0896 e. The minimum atomic E-state index is 1.15. The van der Waals surface area contributed by atoms with Crippen LogP contribution in [0.2, 0.25) is 0 Å². The van der Waals surface area contributed by atoms with Crippen LogP contribution >= 0.6 is 11.3 Å². The monoisotopic (exact) mass is 193 g/mol. The van der Waals surface area contributed by atoms with Crippen LogP contribution in [0.15, 0.2) is 30.5 Å². The van der Waals surface area contributed by atoms with Crippen LogP contribution in [0.4, 0.5) is 0 Å². The largest absolute Gasteiger partial charge is 0.250 e. The first-order chi connectivity index (χ1) is 6.29. The number of hydrogen-bond acceptors (Lipinski definition) is 2. The van der Waals surface area contributed by atoms with Crippen molar-refractivity contribution in [3.8, 4) is 0 Å². The molecule has 1 heterocycles. The van der Waals surface area contributed by atoms with Crippen LogP contribution in [0.3, 0.4) is 0 Å². The standard InChI is InChI=1S/C6H8.C5H7NS/c1-2-4-6-5-3-1;1-4-3-6-5(2)7-4/h1-4H,5-6H2;3H,1-2H3. The Bertz CT molecular complexity index is 268. The quantitative estimate of drug-likeness (QED) is 0.613. The molecule has 0 saturated heterocycles. The second kappa shape index (κ2) is 5.70. The van der Waals surface area contributed by atoms with Crippen LogP contribution in [0.25, 0.3) is 0 Å². The summed E-state index contributed by atoms with van der Waals surface area (Å²) in [4.78, 5) is 5.32. The Morgan fingerprint density at radius 3 is 1.92 bits per heavy atom. The maximum absolute atomic E-state index is 4.03. The zero-order chi connectivity index (χ0) is 9.52. The van der Waals surface area contributed by atoms with Gasteiger partial charge in [-0.15, -0.1) is 11.3 Å². The average Bonchev–Trinajstić information content (AvgIpc) is 2.54. The van der Waals surface area contributed by atoms with E-state index < -0.39 is 0 Å². The summed E-state index contributed by atoms with van der Waals surface area (Å²) in [7, 11) is 0. The zero-order valence-corrected chi connectivity index (χ0v) is 8.97. The molecular formula is C11H15NS. The van der Waals surface area contributed by atoms with Gasteiger partial charge in [-0.25, -0.2) is 4.98 Å². The molecular weight excluding hydrogens is 178 g/mol. The lowest BCUT2D eigenvalue weighted by atomic mass is 10.2. The summed E-state index contributed by atoms with van der Waals surface area (Å²) in [5.41, 5.74) is 0. The molecule has 0 aromatic carbocycles. The Balaban J connectivity index is 0.000000132. The Morgan fingerprint density at radius 2 is 1.77 bits per heavy atom. The number of nitrogens with zero attached hydrogens (tertiary/aromatic N) is 1. The molecule has 1 aromatic rings. The lowest BCUT2D eigenvalue weighted by Crippen LogP contribution is -1.67. The maximum Gasteiger partial charge on any atom is 0.0896 e. The molecule has 0 aliphatic heterocycles. The molecule has 0 N–H and O–H groups in total. The first-order valence-corrected chi connectivity index (χ1v) is 5.31. The van der Waals surface area contributed by atoms with Crippen LogP contribution in [0, 0.1) is 13.8 Å². The van der Waals surface area contributed by atoms with Crippen LogP contribution < -0.4 is 0 Å². The van der Waals surface area contributed by atoms with E-state index in [-0.39, 0.29) is 0 Å². The fourth-order valence-corrected chi connectivity index (χ4v) is 1.69. The van der Waals surface area contributed by atoms with Crippen LogP contribution in [-0.2, 0) is 0 Å². The van der Waals surface area contributed by atoms with E-state index in [0.29, 0.717) is 0 Å². The Kier molecular flexibility index (Phi) is 4.47. The fraction of sp³-hybridized carbons (Fsp3) is 0.364. The third-order valence-corrected chi connectivity index (χ3v) is 2.45. The number of aromatic nitrogens is 1. The fourth-order valence-electron chi connectivity index (χ4n) is 1.01. The summed E-state index contributed by atoms with van der Waals surface area (Å²) in [6, 6.07) is 0. The topological polar surface area (TPSA) is 12.9 Å². The molecule has 0 amide bonds. The summed E-state index contributed by atoms with van der Waals surface area (Å²) in [6.45, 7) is 4.07. The number of aryl methyl sites for hydroxylation is 2. The molecule has 0 saturated carbocycles. The van der Waals surface area contributed by atoms with Gasteiger partial charge in [-0.2, -0.15) is 0 Å². The Morgan fingerprint density at radius 1 is 1.15 bits per heavy atom. The average molecular weight is 193 g/mol. The van der Waals surface area contributed by atoms with E-state index >= 15 is 0 Å². The minimum Gasteiger partial charge on any atom is -0.250 e. The molecule has 0 fully saturated rings. The number of rotatable bonds is 0. The molecule has 0 spiro atoms. The van der Waals surface area contributed by atoms with Crippen molar-refractivity contribution in [2.75, 3.05) is 0 Å². The second-order valence-electron chi connectivity index (χ2n) is 2.92. The van der Waals surface area contributed by atoms with Gasteiger partial charge >= 0.3 is 0 Å². The normalized spacial score (nSPS) is 13.7. The van der Waals surface area contributed by atoms with Gasteiger partial charge in [-0.3, -0.25) is 0 Å². The van der Waals surface area contributed by atoms with E-state index in [0.717, 1.165) is 5.01 Å². The van der Waals surface area contributed by atoms with Gasteiger partial charge in [-0.05, 0) is 26.7 Å². The molecule has 2 rings (SSSR count). The SMILES string of the molecule is C1=CCCC=C1.Cc1cnc(C)s1. The molecule has 0 bridgehead atoms. The highest BCUT2D eigenvalue weighted by Crippen LogP contribution is 2.07. The summed E-state index contributed by atoms with van der Waals surface area (Å²) in [6.07, 6.45) is 12.9. The van der Waals surface area contributed by atoms with Gasteiger partial charge < -0.3 is 0 Å². The van der Waals surface area contributed by atoms with Crippen molar-refractivity contribution in [3.05, 3.63) is 40.4 Å². The predicted molar refractivity (Wildman–Crippen MR) is 59.1 cm³/mol. The van der Waals surface area contributed by atoms with E-state index in [9.17, 15) is 0 Å². The molecule has 1 nitrogen and oxygen atoms in total.